The van der Waals surface area contributed by atoms with E-state index in [0.29, 0.717) is 12.4 Å². The molecule has 0 radical (unpaired) electrons. The van der Waals surface area contributed by atoms with Crippen LogP contribution in [0.15, 0.2) is 12.3 Å². The molecular weight excluding hydrogens is 230 g/mol. The topological polar surface area (TPSA) is 48.4 Å². The molecule has 1 aliphatic rings. The highest BCUT2D eigenvalue weighted by molar-refractivity contribution is 6.32. The lowest BCUT2D eigenvalue weighted by molar-refractivity contribution is 0.0521. The molecule has 0 atom stereocenters. The highest BCUT2D eigenvalue weighted by atomic mass is 35.5. The molecule has 0 aliphatic heterocycles. The summed E-state index contributed by atoms with van der Waals surface area (Å²) in [6.07, 6.45) is 3.75. The number of pyridine rings is 1. The lowest BCUT2D eigenvalue weighted by Crippen LogP contribution is -2.10. The molecule has 16 heavy (non-hydrogen) atoms. The highest BCUT2D eigenvalue weighted by Crippen LogP contribution is 2.31. The number of hydrogen-bond acceptors (Lipinski definition) is 4. The Morgan fingerprint density at radius 2 is 2.38 bits per heavy atom. The largest absolute Gasteiger partial charge is 0.489 e. The molecule has 0 spiro atoms. The molecule has 2 rings (SSSR count). The fourth-order valence-electron chi connectivity index (χ4n) is 1.27. The molecule has 1 aliphatic carbocycles. The number of carbonyl (C=O) groups excluding carboxylic acids is 1. The van der Waals surface area contributed by atoms with Crippen LogP contribution in [0.4, 0.5) is 0 Å². The van der Waals surface area contributed by atoms with Gasteiger partial charge >= 0.3 is 5.97 Å². The quantitative estimate of drug-likeness (QED) is 0.600. The summed E-state index contributed by atoms with van der Waals surface area (Å²) in [6.45, 7) is 2.04. The van der Waals surface area contributed by atoms with Crippen LogP contribution in [0.2, 0.25) is 5.15 Å². The third-order valence-corrected chi connectivity index (χ3v) is 2.45. The molecule has 1 heterocycles. The molecule has 86 valence electrons. The van der Waals surface area contributed by atoms with Crippen LogP contribution in [-0.4, -0.2) is 23.7 Å². The summed E-state index contributed by atoms with van der Waals surface area (Å²) in [7, 11) is 0. The van der Waals surface area contributed by atoms with Crippen LogP contribution in [0.3, 0.4) is 0 Å². The number of nitrogens with zero attached hydrogens (tertiary/aromatic N) is 1. The van der Waals surface area contributed by atoms with E-state index in [1.165, 1.54) is 6.20 Å². The second kappa shape index (κ2) is 4.70. The average molecular weight is 242 g/mol. The van der Waals surface area contributed by atoms with Crippen molar-refractivity contribution < 1.29 is 14.3 Å². The van der Waals surface area contributed by atoms with Crippen molar-refractivity contribution in [3.8, 4) is 5.75 Å². The standard InChI is InChI=1S/C11H12ClNO3/c1-2-15-11(14)9-8(16-7-3-4-7)5-6-13-10(9)12/h5-7H,2-4H2,1H3. The predicted octanol–water partition coefficient (Wildman–Crippen LogP) is 2.45. The van der Waals surface area contributed by atoms with E-state index in [4.69, 9.17) is 21.1 Å². The van der Waals surface area contributed by atoms with Crippen molar-refractivity contribution in [3.63, 3.8) is 0 Å². The van der Waals surface area contributed by atoms with E-state index in [-0.39, 0.29) is 16.8 Å². The van der Waals surface area contributed by atoms with Gasteiger partial charge in [-0.25, -0.2) is 9.78 Å². The average Bonchev–Trinajstić information content (AvgIpc) is 3.02. The Balaban J connectivity index is 2.27. The fraction of sp³-hybridized carbons (Fsp3) is 0.455. The Morgan fingerprint density at radius 3 is 3.00 bits per heavy atom. The van der Waals surface area contributed by atoms with Gasteiger partial charge < -0.3 is 9.47 Å². The summed E-state index contributed by atoms with van der Waals surface area (Å²) >= 11 is 5.87. The SMILES string of the molecule is CCOC(=O)c1c(OC2CC2)ccnc1Cl. The fourth-order valence-corrected chi connectivity index (χ4v) is 1.50. The van der Waals surface area contributed by atoms with Crippen molar-refractivity contribution in [1.29, 1.82) is 0 Å². The zero-order chi connectivity index (χ0) is 11.5. The molecule has 0 N–H and O–H groups in total. The van der Waals surface area contributed by atoms with E-state index in [1.54, 1.807) is 13.0 Å². The van der Waals surface area contributed by atoms with Crippen LogP contribution in [0, 0.1) is 0 Å². The van der Waals surface area contributed by atoms with Crippen LogP contribution in [0.5, 0.6) is 5.75 Å². The Labute approximate surface area is 98.5 Å². The lowest BCUT2D eigenvalue weighted by Gasteiger charge is -2.10. The number of halogens is 1. The van der Waals surface area contributed by atoms with Crippen LogP contribution in [0.1, 0.15) is 30.1 Å². The van der Waals surface area contributed by atoms with Crippen LogP contribution in [-0.2, 0) is 4.74 Å². The van der Waals surface area contributed by atoms with Crippen molar-refractivity contribution in [3.05, 3.63) is 23.0 Å². The van der Waals surface area contributed by atoms with Gasteiger partial charge in [-0.1, -0.05) is 11.6 Å². The van der Waals surface area contributed by atoms with Crippen molar-refractivity contribution in [2.24, 2.45) is 0 Å². The summed E-state index contributed by atoms with van der Waals surface area (Å²) < 4.78 is 10.5. The summed E-state index contributed by atoms with van der Waals surface area (Å²) in [5, 5.41) is 0.122. The molecule has 5 heteroatoms. The van der Waals surface area contributed by atoms with Gasteiger partial charge in [-0.2, -0.15) is 0 Å². The predicted molar refractivity (Wildman–Crippen MR) is 58.9 cm³/mol. The lowest BCUT2D eigenvalue weighted by atomic mass is 10.2. The second-order valence-corrected chi connectivity index (χ2v) is 3.87. The van der Waals surface area contributed by atoms with Crippen molar-refractivity contribution in [2.45, 2.75) is 25.9 Å². The van der Waals surface area contributed by atoms with Gasteiger partial charge in [-0.15, -0.1) is 0 Å². The molecule has 0 aromatic carbocycles. The Kier molecular flexibility index (Phi) is 3.29. The number of rotatable bonds is 4. The first-order valence-corrected chi connectivity index (χ1v) is 5.58. The van der Waals surface area contributed by atoms with Gasteiger partial charge in [0.05, 0.1) is 12.7 Å². The third-order valence-electron chi connectivity index (χ3n) is 2.16. The number of hydrogen-bond donors (Lipinski definition) is 0. The van der Waals surface area contributed by atoms with E-state index in [9.17, 15) is 4.79 Å². The van der Waals surface area contributed by atoms with Crippen LogP contribution in [0.25, 0.3) is 0 Å². The van der Waals surface area contributed by atoms with E-state index >= 15 is 0 Å². The Bertz CT molecular complexity index is 404. The van der Waals surface area contributed by atoms with Gasteiger partial charge in [-0.3, -0.25) is 0 Å². The minimum atomic E-state index is -0.490. The molecule has 0 amide bonds. The zero-order valence-corrected chi connectivity index (χ0v) is 9.66. The van der Waals surface area contributed by atoms with E-state index in [1.807, 2.05) is 0 Å². The highest BCUT2D eigenvalue weighted by Gasteiger charge is 2.27. The second-order valence-electron chi connectivity index (χ2n) is 3.51. The molecule has 1 fully saturated rings. The van der Waals surface area contributed by atoms with Gasteiger partial charge in [0, 0.05) is 6.20 Å². The smallest absolute Gasteiger partial charge is 0.345 e. The van der Waals surface area contributed by atoms with Crippen LogP contribution < -0.4 is 4.74 Å². The van der Waals surface area contributed by atoms with Crippen molar-refractivity contribution in [1.82, 2.24) is 4.98 Å². The van der Waals surface area contributed by atoms with Crippen molar-refractivity contribution in [2.75, 3.05) is 6.61 Å². The van der Waals surface area contributed by atoms with Gasteiger partial charge in [-0.05, 0) is 25.8 Å². The number of aromatic nitrogens is 1. The Morgan fingerprint density at radius 1 is 1.62 bits per heavy atom. The van der Waals surface area contributed by atoms with Gasteiger partial charge in [0.1, 0.15) is 16.5 Å². The first-order chi connectivity index (χ1) is 7.72. The maximum atomic E-state index is 11.7. The molecular formula is C11H12ClNO3. The van der Waals surface area contributed by atoms with E-state index in [2.05, 4.69) is 4.98 Å². The first kappa shape index (κ1) is 11.2. The van der Waals surface area contributed by atoms with Gasteiger partial charge in [0.25, 0.3) is 0 Å². The number of carbonyl (C=O) groups is 1. The van der Waals surface area contributed by atoms with Gasteiger partial charge in [0.15, 0.2) is 0 Å². The minimum Gasteiger partial charge on any atom is -0.489 e. The molecule has 4 nitrogen and oxygen atoms in total. The molecule has 1 aromatic rings. The molecule has 0 unspecified atom stereocenters. The van der Waals surface area contributed by atoms with E-state index in [0.717, 1.165) is 12.8 Å². The molecule has 1 aromatic heterocycles. The maximum absolute atomic E-state index is 11.7. The van der Waals surface area contributed by atoms with Gasteiger partial charge in [0.2, 0.25) is 0 Å². The van der Waals surface area contributed by atoms with E-state index < -0.39 is 5.97 Å². The summed E-state index contributed by atoms with van der Waals surface area (Å²) in [6, 6.07) is 1.64. The number of ether oxygens (including phenoxy) is 2. The Hall–Kier alpha value is -1.29. The molecule has 0 bridgehead atoms. The maximum Gasteiger partial charge on any atom is 0.345 e. The zero-order valence-electron chi connectivity index (χ0n) is 8.90. The van der Waals surface area contributed by atoms with Crippen molar-refractivity contribution >= 4 is 17.6 Å². The summed E-state index contributed by atoms with van der Waals surface area (Å²) in [5.74, 6) is -0.0304. The summed E-state index contributed by atoms with van der Waals surface area (Å²) in [4.78, 5) is 15.5. The van der Waals surface area contributed by atoms with Crippen LogP contribution >= 0.6 is 11.6 Å². The third kappa shape index (κ3) is 2.44. The summed E-state index contributed by atoms with van der Waals surface area (Å²) in [5.41, 5.74) is 0.220. The molecule has 0 saturated heterocycles. The normalized spacial score (nSPS) is 14.6. The number of esters is 1. The monoisotopic (exact) mass is 241 g/mol. The molecule has 1 saturated carbocycles. The first-order valence-electron chi connectivity index (χ1n) is 5.20. The minimum absolute atomic E-state index is 0.122.